The molecule has 146 valence electrons. The number of rotatable bonds is 3. The van der Waals surface area contributed by atoms with E-state index in [9.17, 15) is 4.79 Å². The Morgan fingerprint density at radius 1 is 1.29 bits per heavy atom. The highest BCUT2D eigenvalue weighted by Gasteiger charge is 2.26. The van der Waals surface area contributed by atoms with Gasteiger partial charge >= 0.3 is 0 Å². The minimum Gasteiger partial charge on any atom is -0.332 e. The molecule has 7 nitrogen and oxygen atoms in total. The van der Waals surface area contributed by atoms with Crippen molar-refractivity contribution in [3.63, 3.8) is 0 Å². The van der Waals surface area contributed by atoms with Crippen molar-refractivity contribution in [2.75, 3.05) is 13.1 Å². The molecule has 1 N–H and O–H groups in total. The van der Waals surface area contributed by atoms with Crippen LogP contribution in [0.2, 0.25) is 0 Å². The summed E-state index contributed by atoms with van der Waals surface area (Å²) >= 11 is 0. The molecular formula is C21H25N5O2. The molecule has 0 spiro atoms. The van der Waals surface area contributed by atoms with Crippen molar-refractivity contribution in [1.82, 2.24) is 25.0 Å². The summed E-state index contributed by atoms with van der Waals surface area (Å²) in [6.45, 7) is 11.7. The van der Waals surface area contributed by atoms with E-state index in [2.05, 4.69) is 45.8 Å². The molecule has 1 aliphatic heterocycles. The maximum atomic E-state index is 11.6. The highest BCUT2D eigenvalue weighted by Crippen LogP contribution is 2.32. The van der Waals surface area contributed by atoms with Crippen LogP contribution in [0.3, 0.4) is 0 Å². The lowest BCUT2D eigenvalue weighted by molar-refractivity contribution is 0.177. The molecule has 1 aliphatic rings. The predicted octanol–water partition coefficient (Wildman–Crippen LogP) is 3.20. The van der Waals surface area contributed by atoms with Crippen molar-refractivity contribution in [2.45, 2.75) is 40.7 Å². The van der Waals surface area contributed by atoms with Crippen LogP contribution >= 0.6 is 0 Å². The quantitative estimate of drug-likeness (QED) is 0.752. The fraction of sp³-hybridized carbons (Fsp3) is 0.429. The van der Waals surface area contributed by atoms with E-state index in [1.165, 1.54) is 17.2 Å². The number of nitrogens with zero attached hydrogens (tertiary/aromatic N) is 4. The fourth-order valence-corrected chi connectivity index (χ4v) is 3.82. The first kappa shape index (κ1) is 18.6. The van der Waals surface area contributed by atoms with E-state index in [1.54, 1.807) is 12.1 Å². The molecule has 0 saturated heterocycles. The zero-order valence-corrected chi connectivity index (χ0v) is 16.7. The number of aromatic nitrogens is 4. The Balaban J connectivity index is 1.69. The molecule has 0 aliphatic carbocycles. The summed E-state index contributed by atoms with van der Waals surface area (Å²) < 4.78 is 5.42. The number of hydrogen-bond donors (Lipinski definition) is 1. The van der Waals surface area contributed by atoms with Crippen molar-refractivity contribution < 1.29 is 4.52 Å². The van der Waals surface area contributed by atoms with Crippen LogP contribution in [0.25, 0.3) is 23.0 Å². The van der Waals surface area contributed by atoms with Gasteiger partial charge in [0.2, 0.25) is 11.4 Å². The van der Waals surface area contributed by atoms with Gasteiger partial charge in [-0.3, -0.25) is 14.7 Å². The summed E-state index contributed by atoms with van der Waals surface area (Å²) in [5, 5.41) is 4.18. The van der Waals surface area contributed by atoms with E-state index in [0.717, 1.165) is 37.3 Å². The number of pyridine rings is 2. The highest BCUT2D eigenvalue weighted by atomic mass is 16.5. The van der Waals surface area contributed by atoms with Gasteiger partial charge in [0.1, 0.15) is 5.69 Å². The number of nitrogens with one attached hydrogen (secondary N) is 1. The van der Waals surface area contributed by atoms with E-state index >= 15 is 0 Å². The average molecular weight is 379 g/mol. The van der Waals surface area contributed by atoms with E-state index in [0.29, 0.717) is 17.4 Å². The van der Waals surface area contributed by atoms with E-state index in [4.69, 9.17) is 4.52 Å². The second kappa shape index (κ2) is 6.98. The molecular weight excluding hydrogens is 354 g/mol. The molecule has 4 rings (SSSR count). The van der Waals surface area contributed by atoms with Crippen molar-refractivity contribution in [3.8, 4) is 23.0 Å². The third kappa shape index (κ3) is 3.75. The van der Waals surface area contributed by atoms with E-state index in [-0.39, 0.29) is 11.0 Å². The highest BCUT2D eigenvalue weighted by molar-refractivity contribution is 5.66. The van der Waals surface area contributed by atoms with Crippen LogP contribution in [0.4, 0.5) is 0 Å². The number of aromatic amines is 1. The lowest BCUT2D eigenvalue weighted by Gasteiger charge is -2.34. The first-order valence-electron chi connectivity index (χ1n) is 9.54. The van der Waals surface area contributed by atoms with E-state index < -0.39 is 0 Å². The molecule has 0 bridgehead atoms. The second-order valence-electron chi connectivity index (χ2n) is 8.60. The van der Waals surface area contributed by atoms with Gasteiger partial charge in [0.05, 0.1) is 0 Å². The fourth-order valence-electron chi connectivity index (χ4n) is 3.82. The molecule has 3 aromatic rings. The molecule has 0 radical (unpaired) electrons. The second-order valence-corrected chi connectivity index (χ2v) is 8.60. The Labute approximate surface area is 163 Å². The molecule has 0 fully saturated rings. The summed E-state index contributed by atoms with van der Waals surface area (Å²) in [5.41, 5.74) is 4.86. The van der Waals surface area contributed by atoms with Crippen LogP contribution in [0, 0.1) is 12.3 Å². The molecule has 0 atom stereocenters. The smallest absolute Gasteiger partial charge is 0.274 e. The Morgan fingerprint density at radius 2 is 2.11 bits per heavy atom. The summed E-state index contributed by atoms with van der Waals surface area (Å²) in [4.78, 5) is 25.9. The zero-order chi connectivity index (χ0) is 19.9. The standard InChI is InChI=1S/C21H25N5O2/c1-13-18(19-24-20(28-25-19)16-6-5-7-17(27)23-16)15-8-9-26(12-21(2,3)4)11-14(15)10-22-13/h5-7,10H,8-9,11-12H2,1-4H3,(H,23,27). The monoisotopic (exact) mass is 379 g/mol. The predicted molar refractivity (Wildman–Crippen MR) is 107 cm³/mol. The Kier molecular flexibility index (Phi) is 4.63. The first-order valence-corrected chi connectivity index (χ1v) is 9.54. The SMILES string of the molecule is Cc1ncc2c(c1-c1noc(-c3cccc(=O)[nH]3)n1)CCN(CC(C)(C)C)C2. The van der Waals surface area contributed by atoms with Gasteiger partial charge in [-0.15, -0.1) is 0 Å². The van der Waals surface area contributed by atoms with Gasteiger partial charge in [0.25, 0.3) is 5.89 Å². The minimum atomic E-state index is -0.203. The summed E-state index contributed by atoms with van der Waals surface area (Å²) in [5.74, 6) is 0.820. The first-order chi connectivity index (χ1) is 13.3. The number of fused-ring (bicyclic) bond motifs is 1. The van der Waals surface area contributed by atoms with Crippen LogP contribution in [-0.4, -0.2) is 38.1 Å². The molecule has 7 heteroatoms. The molecule has 0 unspecified atom stereocenters. The van der Waals surface area contributed by atoms with Crippen LogP contribution in [0.1, 0.15) is 37.6 Å². The third-order valence-electron chi connectivity index (χ3n) is 4.88. The van der Waals surface area contributed by atoms with Crippen molar-refractivity contribution in [2.24, 2.45) is 5.41 Å². The lowest BCUT2D eigenvalue weighted by Crippen LogP contribution is -2.37. The summed E-state index contributed by atoms with van der Waals surface area (Å²) in [7, 11) is 0. The van der Waals surface area contributed by atoms with Gasteiger partial charge < -0.3 is 9.51 Å². The van der Waals surface area contributed by atoms with Crippen LogP contribution in [-0.2, 0) is 13.0 Å². The molecule has 4 heterocycles. The van der Waals surface area contributed by atoms with Crippen LogP contribution in [0.15, 0.2) is 33.7 Å². The van der Waals surface area contributed by atoms with Gasteiger partial charge in [-0.2, -0.15) is 4.98 Å². The molecule has 0 amide bonds. The third-order valence-corrected chi connectivity index (χ3v) is 4.88. The van der Waals surface area contributed by atoms with Crippen molar-refractivity contribution >= 4 is 0 Å². The van der Waals surface area contributed by atoms with Crippen LogP contribution in [0.5, 0.6) is 0 Å². The maximum Gasteiger partial charge on any atom is 0.274 e. The Bertz CT molecular complexity index is 1060. The topological polar surface area (TPSA) is 87.9 Å². The minimum absolute atomic E-state index is 0.203. The maximum absolute atomic E-state index is 11.6. The van der Waals surface area contributed by atoms with Gasteiger partial charge in [0.15, 0.2) is 0 Å². The zero-order valence-electron chi connectivity index (χ0n) is 16.7. The van der Waals surface area contributed by atoms with Gasteiger partial charge in [-0.25, -0.2) is 0 Å². The van der Waals surface area contributed by atoms with Crippen LogP contribution < -0.4 is 5.56 Å². The van der Waals surface area contributed by atoms with Crippen molar-refractivity contribution in [3.05, 3.63) is 51.6 Å². The largest absolute Gasteiger partial charge is 0.332 e. The average Bonchev–Trinajstić information content (AvgIpc) is 3.10. The molecule has 0 saturated carbocycles. The molecule has 0 aromatic carbocycles. The lowest BCUT2D eigenvalue weighted by atomic mass is 9.91. The van der Waals surface area contributed by atoms with Gasteiger partial charge in [-0.05, 0) is 36.0 Å². The van der Waals surface area contributed by atoms with Gasteiger partial charge in [-0.1, -0.05) is 32.0 Å². The molecule has 28 heavy (non-hydrogen) atoms. The summed E-state index contributed by atoms with van der Waals surface area (Å²) in [6, 6.07) is 4.86. The Hall–Kier alpha value is -2.80. The normalized spacial score (nSPS) is 14.9. The van der Waals surface area contributed by atoms with Crippen molar-refractivity contribution in [1.29, 1.82) is 0 Å². The number of aryl methyl sites for hydroxylation is 1. The van der Waals surface area contributed by atoms with Gasteiger partial charge in [0, 0.05) is 43.2 Å². The van der Waals surface area contributed by atoms with E-state index in [1.807, 2.05) is 13.1 Å². The molecule has 3 aromatic heterocycles. The summed E-state index contributed by atoms with van der Waals surface area (Å²) in [6.07, 6.45) is 2.90. The number of H-pyrrole nitrogens is 1. The Morgan fingerprint density at radius 3 is 2.86 bits per heavy atom. The number of hydrogen-bond acceptors (Lipinski definition) is 6.